The molecule has 31 heavy (non-hydrogen) atoms. The summed E-state index contributed by atoms with van der Waals surface area (Å²) < 4.78 is 65.3. The van der Waals surface area contributed by atoms with Gasteiger partial charge in [0.15, 0.2) is 11.6 Å². The van der Waals surface area contributed by atoms with Gasteiger partial charge in [-0.15, -0.1) is 0 Å². The zero-order chi connectivity index (χ0) is 22.7. The first kappa shape index (κ1) is 22.3. The second-order valence-corrected chi connectivity index (χ2v) is 7.11. The predicted molar refractivity (Wildman–Crippen MR) is 109 cm³/mol. The lowest BCUT2D eigenvalue weighted by molar-refractivity contribution is 0.102. The monoisotopic (exact) mass is 450 g/mol. The summed E-state index contributed by atoms with van der Waals surface area (Å²) in [6.07, 6.45) is 0. The van der Waals surface area contributed by atoms with Crippen molar-refractivity contribution in [2.24, 2.45) is 0 Å². The fraction of sp³-hybridized carbons (Fsp3) is 0. The Hall–Kier alpha value is -3.35. The molecule has 0 saturated heterocycles. The molecule has 0 aliphatic heterocycles. The summed E-state index contributed by atoms with van der Waals surface area (Å²) in [6.45, 7) is 0. The van der Waals surface area contributed by atoms with Crippen molar-refractivity contribution in [3.63, 3.8) is 0 Å². The largest absolute Gasteiger partial charge is 0.490 e. The molecule has 0 atom stereocenters. The van der Waals surface area contributed by atoms with E-state index in [9.17, 15) is 36.4 Å². The van der Waals surface area contributed by atoms with Crippen LogP contribution >= 0.6 is 0 Å². The normalized spacial score (nSPS) is 10.8. The first-order chi connectivity index (χ1) is 14.7. The average Bonchev–Trinajstić information content (AvgIpc) is 2.72. The van der Waals surface area contributed by atoms with E-state index in [1.165, 1.54) is 24.3 Å². The predicted octanol–water partition coefficient (Wildman–Crippen LogP) is 1.70. The molecule has 0 unspecified atom stereocenters. The minimum absolute atomic E-state index is 0.0738. The molecular formula is C19H14BF3N2O5S. The maximum atomic E-state index is 14.5. The van der Waals surface area contributed by atoms with E-state index in [4.69, 9.17) is 0 Å². The number of carbonyl (C=O) groups excluding carboxylic acids is 1. The van der Waals surface area contributed by atoms with Crippen LogP contribution in [0.1, 0.15) is 10.4 Å². The number of nitrogens with zero attached hydrogens (tertiary/aromatic N) is 1. The minimum atomic E-state index is -3.51. The molecule has 0 fully saturated rings. The summed E-state index contributed by atoms with van der Waals surface area (Å²) >= 11 is 0. The van der Waals surface area contributed by atoms with E-state index in [-0.39, 0.29) is 22.4 Å². The van der Waals surface area contributed by atoms with Gasteiger partial charge in [-0.05, 0) is 36.4 Å². The molecule has 3 aromatic rings. The first-order valence-electron chi connectivity index (χ1n) is 8.64. The third-order valence-electron chi connectivity index (χ3n) is 4.22. The highest BCUT2D eigenvalue weighted by Gasteiger charge is 2.25. The number of amides is 1. The van der Waals surface area contributed by atoms with E-state index >= 15 is 0 Å². The highest BCUT2D eigenvalue weighted by atomic mass is 32.2. The van der Waals surface area contributed by atoms with Crippen molar-refractivity contribution in [1.29, 1.82) is 0 Å². The van der Waals surface area contributed by atoms with E-state index in [2.05, 4.69) is 5.32 Å². The second kappa shape index (κ2) is 9.21. The number of carbonyl (C=O) groups is 1. The maximum Gasteiger partial charge on any atom is 0.490 e. The fourth-order valence-electron chi connectivity index (χ4n) is 2.80. The van der Waals surface area contributed by atoms with Gasteiger partial charge in [0.05, 0.1) is 11.4 Å². The second-order valence-electron chi connectivity index (χ2n) is 6.23. The lowest BCUT2D eigenvalue weighted by atomic mass is 9.79. The van der Waals surface area contributed by atoms with Crippen LogP contribution in [0.25, 0.3) is 0 Å². The van der Waals surface area contributed by atoms with E-state index < -0.39 is 47.1 Å². The Kier molecular flexibility index (Phi) is 6.63. The van der Waals surface area contributed by atoms with Gasteiger partial charge in [0.1, 0.15) is 5.82 Å². The molecular weight excluding hydrogens is 436 g/mol. The molecule has 0 aliphatic carbocycles. The first-order valence-corrected chi connectivity index (χ1v) is 9.77. The summed E-state index contributed by atoms with van der Waals surface area (Å²) in [5.74, 6) is -4.15. The molecule has 0 saturated carbocycles. The number of anilines is 3. The lowest BCUT2D eigenvalue weighted by Gasteiger charge is -2.22. The van der Waals surface area contributed by atoms with Crippen LogP contribution in [-0.4, -0.2) is 31.5 Å². The van der Waals surface area contributed by atoms with Crippen LogP contribution in [0.5, 0.6) is 0 Å². The number of nitrogens with one attached hydrogen (secondary N) is 1. The molecule has 0 spiro atoms. The molecule has 3 N–H and O–H groups in total. The fourth-order valence-corrected chi connectivity index (χ4v) is 3.49. The average molecular weight is 450 g/mol. The summed E-state index contributed by atoms with van der Waals surface area (Å²) in [4.78, 5) is 12.5. The number of thiol groups is 1. The highest BCUT2D eigenvalue weighted by molar-refractivity contribution is 7.74. The van der Waals surface area contributed by atoms with Gasteiger partial charge >= 0.3 is 7.12 Å². The Morgan fingerprint density at radius 1 is 0.871 bits per heavy atom. The van der Waals surface area contributed by atoms with Crippen molar-refractivity contribution in [2.75, 3.05) is 9.62 Å². The molecule has 3 aromatic carbocycles. The van der Waals surface area contributed by atoms with Gasteiger partial charge in [0.2, 0.25) is 10.9 Å². The van der Waals surface area contributed by atoms with Crippen LogP contribution in [0.2, 0.25) is 0 Å². The zero-order valence-electron chi connectivity index (χ0n) is 15.5. The number of benzene rings is 3. The van der Waals surface area contributed by atoms with Gasteiger partial charge in [0, 0.05) is 22.8 Å². The molecule has 0 aromatic heterocycles. The summed E-state index contributed by atoms with van der Waals surface area (Å²) in [5.41, 5.74) is -1.26. The number of rotatable bonds is 6. The highest BCUT2D eigenvalue weighted by Crippen LogP contribution is 2.29. The number of hydrogen-bond donors (Lipinski definition) is 4. The quantitative estimate of drug-likeness (QED) is 0.338. The van der Waals surface area contributed by atoms with Gasteiger partial charge in [0.25, 0.3) is 5.91 Å². The van der Waals surface area contributed by atoms with E-state index in [1.54, 1.807) is 0 Å². The Morgan fingerprint density at radius 3 is 2.19 bits per heavy atom. The third kappa shape index (κ3) is 4.87. The zero-order valence-corrected chi connectivity index (χ0v) is 16.4. The number of halogens is 3. The van der Waals surface area contributed by atoms with Crippen LogP contribution in [0, 0.1) is 17.5 Å². The molecule has 3 rings (SSSR count). The Morgan fingerprint density at radius 2 is 1.55 bits per heavy atom. The summed E-state index contributed by atoms with van der Waals surface area (Å²) in [7, 11) is -5.56. The molecule has 0 radical (unpaired) electrons. The molecule has 0 aliphatic rings. The molecule has 12 heteroatoms. The molecule has 0 heterocycles. The van der Waals surface area contributed by atoms with Crippen molar-refractivity contribution in [1.82, 2.24) is 0 Å². The molecule has 160 valence electrons. The topological polar surface area (TPSA) is 107 Å². The van der Waals surface area contributed by atoms with Gasteiger partial charge in [-0.3, -0.25) is 4.79 Å². The van der Waals surface area contributed by atoms with Crippen molar-refractivity contribution in [3.8, 4) is 0 Å². The van der Waals surface area contributed by atoms with Gasteiger partial charge < -0.3 is 15.4 Å². The maximum absolute atomic E-state index is 14.5. The van der Waals surface area contributed by atoms with Crippen LogP contribution in [0.4, 0.5) is 30.2 Å². The number of para-hydroxylation sites is 1. The SMILES string of the molecule is O=C(Nc1ccc(F)c(F)c1)c1ccc(F)c(N(c2ccccc2B(O)O)[SH](=O)=O)c1. The van der Waals surface area contributed by atoms with Gasteiger partial charge in [-0.25, -0.2) is 25.9 Å². The van der Waals surface area contributed by atoms with E-state index in [0.29, 0.717) is 4.31 Å². The van der Waals surface area contributed by atoms with Crippen molar-refractivity contribution < 1.29 is 36.4 Å². The van der Waals surface area contributed by atoms with Crippen molar-refractivity contribution in [3.05, 3.63) is 83.7 Å². The standard InChI is InChI=1S/C19H14BF3N2O5S/c21-14-8-6-12(10-16(14)23)24-19(26)11-5-7-15(22)18(9-11)25(31(29)30)17-4-2-1-3-13(17)20(27)28/h1-10,27-28,31H,(H,24,26). The van der Waals surface area contributed by atoms with Crippen LogP contribution in [0.15, 0.2) is 60.7 Å². The molecule has 1 amide bonds. The van der Waals surface area contributed by atoms with Crippen molar-refractivity contribution in [2.45, 2.75) is 0 Å². The summed E-state index contributed by atoms with van der Waals surface area (Å²) in [5, 5.41) is 21.3. The van der Waals surface area contributed by atoms with Crippen LogP contribution in [-0.2, 0) is 10.9 Å². The van der Waals surface area contributed by atoms with E-state index in [1.807, 2.05) is 0 Å². The Balaban J connectivity index is 2.02. The Labute approximate surface area is 176 Å². The number of hydrogen-bond acceptors (Lipinski definition) is 5. The van der Waals surface area contributed by atoms with Crippen LogP contribution < -0.4 is 15.1 Å². The molecule has 7 nitrogen and oxygen atoms in total. The summed E-state index contributed by atoms with van der Waals surface area (Å²) in [6, 6.07) is 10.8. The Bertz CT molecular complexity index is 1210. The molecule has 0 bridgehead atoms. The van der Waals surface area contributed by atoms with E-state index in [0.717, 1.165) is 36.4 Å². The minimum Gasteiger partial charge on any atom is -0.423 e. The van der Waals surface area contributed by atoms with Gasteiger partial charge in [-0.2, -0.15) is 0 Å². The van der Waals surface area contributed by atoms with Crippen LogP contribution in [0.3, 0.4) is 0 Å². The van der Waals surface area contributed by atoms with Gasteiger partial charge in [-0.1, -0.05) is 18.2 Å². The van der Waals surface area contributed by atoms with Crippen molar-refractivity contribution >= 4 is 46.4 Å². The lowest BCUT2D eigenvalue weighted by Crippen LogP contribution is -2.35. The third-order valence-corrected chi connectivity index (χ3v) is 4.98. The smallest absolute Gasteiger partial charge is 0.423 e.